The molecule has 1 aliphatic carbocycles. The number of alkyl halides is 3. The van der Waals surface area contributed by atoms with Crippen molar-refractivity contribution in [3.8, 4) is 0 Å². The van der Waals surface area contributed by atoms with Gasteiger partial charge in [0.05, 0.1) is 11.3 Å². The van der Waals surface area contributed by atoms with Gasteiger partial charge in [-0.05, 0) is 49.1 Å². The van der Waals surface area contributed by atoms with Gasteiger partial charge in [-0.25, -0.2) is 17.6 Å². The van der Waals surface area contributed by atoms with Crippen molar-refractivity contribution >= 4 is 29.1 Å². The van der Waals surface area contributed by atoms with Crippen molar-refractivity contribution < 1.29 is 32.3 Å². The highest BCUT2D eigenvalue weighted by atomic mass is 35.5. The van der Waals surface area contributed by atoms with E-state index in [4.69, 9.17) is 11.6 Å². The van der Waals surface area contributed by atoms with Gasteiger partial charge in [-0.2, -0.15) is 0 Å². The van der Waals surface area contributed by atoms with E-state index in [0.717, 1.165) is 18.2 Å². The minimum Gasteiger partial charge on any atom is -0.372 e. The Balaban J connectivity index is 1.39. The second-order valence-electron chi connectivity index (χ2n) is 9.84. The Morgan fingerprint density at radius 3 is 2.59 bits per heavy atom. The van der Waals surface area contributed by atoms with Crippen molar-refractivity contribution in [3.63, 3.8) is 0 Å². The van der Waals surface area contributed by atoms with Gasteiger partial charge in [0.1, 0.15) is 0 Å². The number of aliphatic hydroxyl groups is 1. The molecule has 2 heterocycles. The Hall–Kier alpha value is -3.50. The van der Waals surface area contributed by atoms with Gasteiger partial charge < -0.3 is 15.3 Å². The van der Waals surface area contributed by atoms with E-state index in [1.54, 1.807) is 24.3 Å². The molecule has 0 radical (unpaired) electrons. The zero-order valence-corrected chi connectivity index (χ0v) is 21.2. The lowest BCUT2D eigenvalue weighted by Crippen LogP contribution is -2.52. The highest BCUT2D eigenvalue weighted by Gasteiger charge is 2.52. The molecule has 11 heteroatoms. The van der Waals surface area contributed by atoms with Gasteiger partial charge in [0.2, 0.25) is 6.43 Å². The standard InChI is InChI=1S/C28H24ClF4N3O3/c29-20-12-23(35-26(37)15-4-3-9-34-13-15)18(25(32)33)10-16(20)14-36-24-6-2-1-5-19(24)28(39,27(36)38)17-7-8-21(30)22(31)11-17/h1-9,11,13,16,18,20,23,25,39H,10,12,14H2,(H,35,37)/t16-,18-,20-,23-,28-/m1/s1. The molecule has 1 fully saturated rings. The van der Waals surface area contributed by atoms with Crippen LogP contribution in [0.1, 0.15) is 34.3 Å². The summed E-state index contributed by atoms with van der Waals surface area (Å²) in [5.74, 6) is -5.56. The number of para-hydroxylation sites is 1. The lowest BCUT2D eigenvalue weighted by atomic mass is 9.77. The zero-order valence-electron chi connectivity index (χ0n) is 20.4. The Kier molecular flexibility index (Phi) is 7.35. The van der Waals surface area contributed by atoms with Gasteiger partial charge in [0.15, 0.2) is 17.2 Å². The van der Waals surface area contributed by atoms with E-state index in [-0.39, 0.29) is 36.1 Å². The predicted molar refractivity (Wildman–Crippen MR) is 136 cm³/mol. The number of amides is 2. The summed E-state index contributed by atoms with van der Waals surface area (Å²) in [6, 6.07) is 11.2. The number of carbonyl (C=O) groups is 2. The molecule has 5 atom stereocenters. The molecule has 0 saturated heterocycles. The third-order valence-corrected chi connectivity index (χ3v) is 8.07. The largest absolute Gasteiger partial charge is 0.372 e. The normalized spacial score (nSPS) is 26.5. The van der Waals surface area contributed by atoms with Crippen LogP contribution in [0.3, 0.4) is 0 Å². The van der Waals surface area contributed by atoms with Gasteiger partial charge in [0.25, 0.3) is 11.8 Å². The summed E-state index contributed by atoms with van der Waals surface area (Å²) < 4.78 is 56.0. The first-order valence-electron chi connectivity index (χ1n) is 12.3. The molecule has 2 aliphatic rings. The number of aromatic nitrogens is 1. The van der Waals surface area contributed by atoms with Gasteiger partial charge in [-0.3, -0.25) is 14.6 Å². The van der Waals surface area contributed by atoms with E-state index >= 15 is 0 Å². The van der Waals surface area contributed by atoms with E-state index in [1.165, 1.54) is 29.4 Å². The van der Waals surface area contributed by atoms with Gasteiger partial charge in [-0.1, -0.05) is 24.3 Å². The number of hydrogen-bond donors (Lipinski definition) is 2. The summed E-state index contributed by atoms with van der Waals surface area (Å²) in [4.78, 5) is 31.4. The van der Waals surface area contributed by atoms with Crippen LogP contribution in [0.15, 0.2) is 67.0 Å². The number of fused-ring (bicyclic) bond motifs is 1. The summed E-state index contributed by atoms with van der Waals surface area (Å²) in [7, 11) is 0. The average molecular weight is 562 g/mol. The van der Waals surface area contributed by atoms with Gasteiger partial charge in [-0.15, -0.1) is 11.6 Å². The van der Waals surface area contributed by atoms with Crippen molar-refractivity contribution in [2.24, 2.45) is 11.8 Å². The second kappa shape index (κ2) is 10.6. The summed E-state index contributed by atoms with van der Waals surface area (Å²) in [6.07, 6.45) is -0.00817. The maximum atomic E-state index is 14.2. The lowest BCUT2D eigenvalue weighted by molar-refractivity contribution is -0.132. The smallest absolute Gasteiger partial charge is 0.268 e. The fourth-order valence-corrected chi connectivity index (χ4v) is 5.88. The van der Waals surface area contributed by atoms with Crippen LogP contribution in [0, 0.1) is 23.5 Å². The van der Waals surface area contributed by atoms with E-state index < -0.39 is 58.7 Å². The first kappa shape index (κ1) is 27.1. The number of rotatable bonds is 6. The Morgan fingerprint density at radius 2 is 1.90 bits per heavy atom. The first-order chi connectivity index (χ1) is 18.6. The Bertz CT molecular complexity index is 1400. The number of benzene rings is 2. The molecule has 1 saturated carbocycles. The molecule has 0 bridgehead atoms. The van der Waals surface area contributed by atoms with Crippen molar-refractivity contribution in [2.75, 3.05) is 11.4 Å². The Morgan fingerprint density at radius 1 is 1.13 bits per heavy atom. The number of halogens is 5. The molecule has 0 spiro atoms. The Labute approximate surface area is 226 Å². The monoisotopic (exact) mass is 561 g/mol. The topological polar surface area (TPSA) is 82.5 Å². The van der Waals surface area contributed by atoms with Crippen LogP contribution < -0.4 is 10.2 Å². The second-order valence-corrected chi connectivity index (χ2v) is 10.4. The summed E-state index contributed by atoms with van der Waals surface area (Å²) in [5, 5.41) is 13.5. The summed E-state index contributed by atoms with van der Waals surface area (Å²) in [5.41, 5.74) is -1.75. The maximum Gasteiger partial charge on any atom is 0.268 e. The zero-order chi connectivity index (χ0) is 27.9. The number of nitrogens with zero attached hydrogens (tertiary/aromatic N) is 2. The molecule has 1 aliphatic heterocycles. The average Bonchev–Trinajstić information content (AvgIpc) is 3.14. The molecule has 5 rings (SSSR count). The molecule has 204 valence electrons. The molecule has 2 aromatic carbocycles. The third-order valence-electron chi connectivity index (χ3n) is 7.54. The van der Waals surface area contributed by atoms with Crippen LogP contribution in [0.5, 0.6) is 0 Å². The predicted octanol–water partition coefficient (Wildman–Crippen LogP) is 4.64. The van der Waals surface area contributed by atoms with Crippen LogP contribution in [0.25, 0.3) is 0 Å². The molecular formula is C28H24ClF4N3O3. The maximum absolute atomic E-state index is 14.2. The van der Waals surface area contributed by atoms with Gasteiger partial charge >= 0.3 is 0 Å². The van der Waals surface area contributed by atoms with E-state index in [9.17, 15) is 32.3 Å². The molecule has 2 amide bonds. The number of nitrogens with one attached hydrogen (secondary N) is 1. The molecule has 3 aromatic rings. The fraction of sp³-hybridized carbons (Fsp3) is 0.321. The molecular weight excluding hydrogens is 538 g/mol. The van der Waals surface area contributed by atoms with E-state index in [0.29, 0.717) is 5.69 Å². The minimum atomic E-state index is -2.77. The number of anilines is 1. The molecule has 1 aromatic heterocycles. The highest BCUT2D eigenvalue weighted by molar-refractivity contribution is 6.21. The summed E-state index contributed by atoms with van der Waals surface area (Å²) in [6.45, 7) is -0.0948. The lowest BCUT2D eigenvalue weighted by Gasteiger charge is -2.40. The molecule has 6 nitrogen and oxygen atoms in total. The van der Waals surface area contributed by atoms with Crippen molar-refractivity contribution in [1.29, 1.82) is 0 Å². The van der Waals surface area contributed by atoms with Crippen LogP contribution >= 0.6 is 11.6 Å². The fourth-order valence-electron chi connectivity index (χ4n) is 5.50. The van der Waals surface area contributed by atoms with Crippen LogP contribution in [0.4, 0.5) is 23.2 Å². The van der Waals surface area contributed by atoms with E-state index in [2.05, 4.69) is 10.3 Å². The van der Waals surface area contributed by atoms with Crippen LogP contribution in [-0.4, -0.2) is 46.3 Å². The minimum absolute atomic E-state index is 0.0321. The van der Waals surface area contributed by atoms with Gasteiger partial charge in [0, 0.05) is 47.4 Å². The first-order valence-corrected chi connectivity index (χ1v) is 12.8. The van der Waals surface area contributed by atoms with Crippen molar-refractivity contribution in [3.05, 3.63) is 95.3 Å². The SMILES string of the molecule is O=C(N[C@@H]1C[C@@H](Cl)[C@@H](CN2C(=O)[C@@](O)(c3ccc(F)c(F)c3)c3ccccc32)C[C@H]1C(F)F)c1cccnc1. The highest BCUT2D eigenvalue weighted by Crippen LogP contribution is 2.46. The third kappa shape index (κ3) is 4.87. The number of carbonyl (C=O) groups excluding carboxylic acids is 2. The quantitative estimate of drug-likeness (QED) is 0.339. The summed E-state index contributed by atoms with van der Waals surface area (Å²) >= 11 is 6.66. The molecule has 0 unspecified atom stereocenters. The van der Waals surface area contributed by atoms with Crippen LogP contribution in [0.2, 0.25) is 0 Å². The van der Waals surface area contributed by atoms with E-state index in [1.807, 2.05) is 0 Å². The van der Waals surface area contributed by atoms with Crippen LogP contribution in [-0.2, 0) is 10.4 Å². The molecule has 39 heavy (non-hydrogen) atoms. The number of pyridine rings is 1. The van der Waals surface area contributed by atoms with Crippen molar-refractivity contribution in [1.82, 2.24) is 10.3 Å². The molecule has 2 N–H and O–H groups in total. The van der Waals surface area contributed by atoms with Crippen molar-refractivity contribution in [2.45, 2.75) is 36.3 Å². The number of hydrogen-bond acceptors (Lipinski definition) is 4.